The third-order valence-electron chi connectivity index (χ3n) is 3.86. The topological polar surface area (TPSA) is 0 Å². The van der Waals surface area contributed by atoms with Crippen LogP contribution in [-0.4, -0.2) is 0 Å². The van der Waals surface area contributed by atoms with Crippen LogP contribution in [0.1, 0.15) is 29.4 Å². The van der Waals surface area contributed by atoms with Gasteiger partial charge < -0.3 is 0 Å². The van der Waals surface area contributed by atoms with Crippen molar-refractivity contribution in [3.05, 3.63) is 59.7 Å². The summed E-state index contributed by atoms with van der Waals surface area (Å²) >= 11 is 0. The summed E-state index contributed by atoms with van der Waals surface area (Å²) in [6.07, 6.45) is 6.07. The van der Waals surface area contributed by atoms with Crippen LogP contribution in [0.15, 0.2) is 48.6 Å². The second kappa shape index (κ2) is 2.52. The standard InChI is InChI=1S/C15H12/c1-2-4-13-10(3-1)7-8-14-11-5-6-12(9-11)15(13)14/h1-8,11-12H,9H2. The molecule has 0 nitrogen and oxygen atoms in total. The van der Waals surface area contributed by atoms with Crippen LogP contribution in [0.4, 0.5) is 0 Å². The van der Waals surface area contributed by atoms with Crippen molar-refractivity contribution in [1.82, 2.24) is 0 Å². The summed E-state index contributed by atoms with van der Waals surface area (Å²) in [4.78, 5) is 0. The van der Waals surface area contributed by atoms with Crippen molar-refractivity contribution in [2.75, 3.05) is 0 Å². The predicted molar refractivity (Wildman–Crippen MR) is 63.2 cm³/mol. The SMILES string of the molecule is C1=CC2CC1c1ccc3ccccc3c12. The van der Waals surface area contributed by atoms with E-state index in [4.69, 9.17) is 0 Å². The summed E-state index contributed by atoms with van der Waals surface area (Å²) in [6.45, 7) is 0. The summed E-state index contributed by atoms with van der Waals surface area (Å²) in [7, 11) is 0. The van der Waals surface area contributed by atoms with Gasteiger partial charge in [0, 0.05) is 11.8 Å². The lowest BCUT2D eigenvalue weighted by Gasteiger charge is -2.13. The van der Waals surface area contributed by atoms with Crippen molar-refractivity contribution in [3.63, 3.8) is 0 Å². The second-order valence-corrected chi connectivity index (χ2v) is 4.62. The summed E-state index contributed by atoms with van der Waals surface area (Å²) < 4.78 is 0. The van der Waals surface area contributed by atoms with E-state index < -0.39 is 0 Å². The van der Waals surface area contributed by atoms with Crippen LogP contribution < -0.4 is 0 Å². The molecule has 0 N–H and O–H groups in total. The molecule has 0 saturated heterocycles. The van der Waals surface area contributed by atoms with Crippen LogP contribution in [-0.2, 0) is 0 Å². The summed E-state index contributed by atoms with van der Waals surface area (Å²) in [5, 5.41) is 2.85. The average molecular weight is 192 g/mol. The molecule has 0 radical (unpaired) electrons. The molecule has 72 valence electrons. The minimum Gasteiger partial charge on any atom is -0.0804 e. The third-order valence-corrected chi connectivity index (χ3v) is 3.86. The number of fused-ring (bicyclic) bond motifs is 7. The number of hydrogen-bond donors (Lipinski definition) is 0. The van der Waals surface area contributed by atoms with Gasteiger partial charge in [-0.2, -0.15) is 0 Å². The van der Waals surface area contributed by atoms with E-state index in [0.29, 0.717) is 11.8 Å². The molecule has 4 rings (SSSR count). The smallest absolute Gasteiger partial charge is 0.00360 e. The zero-order valence-corrected chi connectivity index (χ0v) is 8.48. The fourth-order valence-electron chi connectivity index (χ4n) is 3.19. The van der Waals surface area contributed by atoms with Crippen LogP contribution >= 0.6 is 0 Å². The van der Waals surface area contributed by atoms with Gasteiger partial charge in [0.2, 0.25) is 0 Å². The molecule has 0 fully saturated rings. The molecule has 0 heterocycles. The Hall–Kier alpha value is -1.56. The normalized spacial score (nSPS) is 26.1. The molecule has 15 heavy (non-hydrogen) atoms. The molecule has 0 saturated carbocycles. The van der Waals surface area contributed by atoms with Crippen LogP contribution in [0.2, 0.25) is 0 Å². The molecule has 0 amide bonds. The number of allylic oxidation sites excluding steroid dienone is 2. The van der Waals surface area contributed by atoms with Crippen molar-refractivity contribution in [2.24, 2.45) is 0 Å². The largest absolute Gasteiger partial charge is 0.0804 e. The molecular weight excluding hydrogens is 180 g/mol. The van der Waals surface area contributed by atoms with Crippen molar-refractivity contribution in [2.45, 2.75) is 18.3 Å². The minimum absolute atomic E-state index is 0.691. The second-order valence-electron chi connectivity index (χ2n) is 4.62. The van der Waals surface area contributed by atoms with Crippen molar-refractivity contribution in [1.29, 1.82) is 0 Å². The molecule has 2 atom stereocenters. The first-order valence-electron chi connectivity index (χ1n) is 5.63. The molecule has 2 bridgehead atoms. The lowest BCUT2D eigenvalue weighted by atomic mass is 9.91. The highest BCUT2D eigenvalue weighted by molar-refractivity contribution is 5.89. The first-order chi connectivity index (χ1) is 7.43. The predicted octanol–water partition coefficient (Wildman–Crippen LogP) is 3.98. The van der Waals surface area contributed by atoms with Gasteiger partial charge in [-0.3, -0.25) is 0 Å². The highest BCUT2D eigenvalue weighted by atomic mass is 14.4. The Morgan fingerprint density at radius 1 is 0.867 bits per heavy atom. The van der Waals surface area contributed by atoms with Gasteiger partial charge in [-0.25, -0.2) is 0 Å². The van der Waals surface area contributed by atoms with E-state index in [1.54, 1.807) is 11.1 Å². The Bertz CT molecular complexity index is 578. The Labute approximate surface area is 89.2 Å². The molecule has 2 aromatic rings. The van der Waals surface area contributed by atoms with Crippen LogP contribution in [0.25, 0.3) is 10.8 Å². The van der Waals surface area contributed by atoms with Gasteiger partial charge in [-0.1, -0.05) is 48.6 Å². The van der Waals surface area contributed by atoms with Gasteiger partial charge in [0.1, 0.15) is 0 Å². The lowest BCUT2D eigenvalue weighted by molar-refractivity contribution is 0.806. The van der Waals surface area contributed by atoms with Crippen LogP contribution in [0.3, 0.4) is 0 Å². The highest BCUT2D eigenvalue weighted by Crippen LogP contribution is 2.50. The van der Waals surface area contributed by atoms with E-state index >= 15 is 0 Å². The van der Waals surface area contributed by atoms with Crippen molar-refractivity contribution in [3.8, 4) is 0 Å². The molecule has 0 aromatic heterocycles. The summed E-state index contributed by atoms with van der Waals surface area (Å²) in [5.74, 6) is 1.39. The van der Waals surface area contributed by atoms with Crippen LogP contribution in [0, 0.1) is 0 Å². The van der Waals surface area contributed by atoms with Crippen molar-refractivity contribution >= 4 is 10.8 Å². The molecule has 0 heteroatoms. The average Bonchev–Trinajstić information content (AvgIpc) is 2.89. The van der Waals surface area contributed by atoms with E-state index in [1.807, 2.05) is 0 Å². The number of benzene rings is 2. The molecule has 0 aliphatic heterocycles. The van der Waals surface area contributed by atoms with E-state index in [2.05, 4.69) is 48.6 Å². The van der Waals surface area contributed by atoms with Crippen LogP contribution in [0.5, 0.6) is 0 Å². The highest BCUT2D eigenvalue weighted by Gasteiger charge is 2.33. The quantitative estimate of drug-likeness (QED) is 0.554. The van der Waals surface area contributed by atoms with Gasteiger partial charge in [0.05, 0.1) is 0 Å². The molecule has 2 unspecified atom stereocenters. The van der Waals surface area contributed by atoms with E-state index in [0.717, 1.165) is 0 Å². The Kier molecular flexibility index (Phi) is 1.29. The van der Waals surface area contributed by atoms with Gasteiger partial charge in [-0.05, 0) is 28.3 Å². The maximum Gasteiger partial charge on any atom is 0.00360 e. The molecule has 2 aromatic carbocycles. The molecular formula is C15H12. The number of rotatable bonds is 0. The lowest BCUT2D eigenvalue weighted by Crippen LogP contribution is -1.93. The number of hydrogen-bond acceptors (Lipinski definition) is 0. The van der Waals surface area contributed by atoms with Gasteiger partial charge in [0.15, 0.2) is 0 Å². The minimum atomic E-state index is 0.691. The van der Waals surface area contributed by atoms with Gasteiger partial charge in [-0.15, -0.1) is 0 Å². The zero-order valence-electron chi connectivity index (χ0n) is 8.48. The fraction of sp³-hybridized carbons (Fsp3) is 0.200. The molecule has 2 aliphatic carbocycles. The Morgan fingerprint density at radius 2 is 1.73 bits per heavy atom. The Morgan fingerprint density at radius 3 is 2.73 bits per heavy atom. The maximum atomic E-state index is 2.39. The Balaban J connectivity index is 2.15. The van der Waals surface area contributed by atoms with E-state index in [1.165, 1.54) is 17.2 Å². The van der Waals surface area contributed by atoms with E-state index in [9.17, 15) is 0 Å². The fourth-order valence-corrected chi connectivity index (χ4v) is 3.19. The summed E-state index contributed by atoms with van der Waals surface area (Å²) in [5.41, 5.74) is 3.17. The molecule has 0 spiro atoms. The zero-order chi connectivity index (χ0) is 9.83. The summed E-state index contributed by atoms with van der Waals surface area (Å²) in [6, 6.07) is 13.3. The van der Waals surface area contributed by atoms with E-state index in [-0.39, 0.29) is 0 Å². The first-order valence-corrected chi connectivity index (χ1v) is 5.63. The van der Waals surface area contributed by atoms with Gasteiger partial charge in [0.25, 0.3) is 0 Å². The first kappa shape index (κ1) is 7.70. The molecule has 2 aliphatic rings. The maximum absolute atomic E-state index is 2.39. The monoisotopic (exact) mass is 192 g/mol. The van der Waals surface area contributed by atoms with Crippen molar-refractivity contribution < 1.29 is 0 Å². The van der Waals surface area contributed by atoms with Gasteiger partial charge >= 0.3 is 0 Å². The third kappa shape index (κ3) is 0.872.